The summed E-state index contributed by atoms with van der Waals surface area (Å²) in [6.07, 6.45) is 0. The van der Waals surface area contributed by atoms with Crippen molar-refractivity contribution in [3.8, 4) is 0 Å². The predicted octanol–water partition coefficient (Wildman–Crippen LogP) is 2.09. The number of nitrogens with zero attached hydrogens (tertiary/aromatic N) is 2. The molecule has 2 heterocycles. The summed E-state index contributed by atoms with van der Waals surface area (Å²) in [4.78, 5) is 10.0. The van der Waals surface area contributed by atoms with E-state index in [4.69, 9.17) is 18.0 Å². The Kier molecular flexibility index (Phi) is 3.65. The van der Waals surface area contributed by atoms with Gasteiger partial charge in [0, 0.05) is 10.6 Å². The van der Waals surface area contributed by atoms with Crippen LogP contribution in [0.4, 0.5) is 5.95 Å². The van der Waals surface area contributed by atoms with Crippen LogP contribution in [0, 0.1) is 6.92 Å². The maximum absolute atomic E-state index is 5.56. The van der Waals surface area contributed by atoms with Crippen molar-refractivity contribution in [3.63, 3.8) is 0 Å². The number of hydrogen-bond acceptors (Lipinski definition) is 5. The van der Waals surface area contributed by atoms with Crippen LogP contribution < -0.4 is 11.1 Å². The topological polar surface area (TPSA) is 63.8 Å². The lowest BCUT2D eigenvalue weighted by atomic mass is 10.3. The summed E-state index contributed by atoms with van der Waals surface area (Å²) in [5, 5.41) is 5.19. The lowest BCUT2D eigenvalue weighted by molar-refractivity contribution is 1.03. The Balaban J connectivity index is 2.13. The second kappa shape index (κ2) is 5.20. The van der Waals surface area contributed by atoms with Crippen LogP contribution in [0.3, 0.4) is 0 Å². The number of aryl methyl sites for hydroxylation is 1. The maximum atomic E-state index is 5.56. The molecule has 0 saturated carbocycles. The number of hydrogen-bond donors (Lipinski definition) is 2. The summed E-state index contributed by atoms with van der Waals surface area (Å²) in [5.41, 5.74) is 7.00. The molecular formula is C11H12N4S2. The molecule has 2 aromatic heterocycles. The molecule has 6 heteroatoms. The van der Waals surface area contributed by atoms with E-state index in [1.807, 2.05) is 18.4 Å². The molecule has 0 saturated heterocycles. The SMILES string of the molecule is Cc1cc(C(N)=S)nc(NCc2cccs2)n1. The Morgan fingerprint density at radius 2 is 2.35 bits per heavy atom. The molecule has 0 bridgehead atoms. The third-order valence-corrected chi connectivity index (χ3v) is 3.19. The Morgan fingerprint density at radius 3 is 3.00 bits per heavy atom. The van der Waals surface area contributed by atoms with Crippen LogP contribution in [-0.2, 0) is 6.54 Å². The van der Waals surface area contributed by atoms with Crippen molar-refractivity contribution in [1.29, 1.82) is 0 Å². The van der Waals surface area contributed by atoms with Crippen LogP contribution in [0.25, 0.3) is 0 Å². The molecule has 2 aromatic rings. The van der Waals surface area contributed by atoms with E-state index in [2.05, 4.69) is 21.4 Å². The van der Waals surface area contributed by atoms with Gasteiger partial charge >= 0.3 is 0 Å². The molecular weight excluding hydrogens is 252 g/mol. The Bertz CT molecular complexity index is 522. The molecule has 17 heavy (non-hydrogen) atoms. The minimum Gasteiger partial charge on any atom is -0.388 e. The van der Waals surface area contributed by atoms with Gasteiger partial charge in [-0.2, -0.15) is 0 Å². The lowest BCUT2D eigenvalue weighted by Gasteiger charge is -2.06. The smallest absolute Gasteiger partial charge is 0.223 e. The minimum absolute atomic E-state index is 0.287. The molecule has 0 aliphatic carbocycles. The highest BCUT2D eigenvalue weighted by Gasteiger charge is 2.04. The third-order valence-electron chi connectivity index (χ3n) is 2.11. The fourth-order valence-electron chi connectivity index (χ4n) is 1.35. The highest BCUT2D eigenvalue weighted by Crippen LogP contribution is 2.11. The largest absolute Gasteiger partial charge is 0.388 e. The summed E-state index contributed by atoms with van der Waals surface area (Å²) < 4.78 is 0. The van der Waals surface area contributed by atoms with E-state index in [1.165, 1.54) is 4.88 Å². The summed E-state index contributed by atoms with van der Waals surface area (Å²) in [6.45, 7) is 2.59. The molecule has 2 rings (SSSR count). The number of anilines is 1. The first-order valence-corrected chi connectivity index (χ1v) is 6.35. The maximum Gasteiger partial charge on any atom is 0.223 e. The fraction of sp³-hybridized carbons (Fsp3) is 0.182. The van der Waals surface area contributed by atoms with Crippen molar-refractivity contribution in [2.24, 2.45) is 5.73 Å². The molecule has 0 atom stereocenters. The fourth-order valence-corrected chi connectivity index (χ4v) is 2.10. The zero-order chi connectivity index (χ0) is 12.3. The van der Waals surface area contributed by atoms with E-state index in [1.54, 1.807) is 17.4 Å². The minimum atomic E-state index is 0.287. The number of nitrogens with one attached hydrogen (secondary N) is 1. The molecule has 0 radical (unpaired) electrons. The summed E-state index contributed by atoms with van der Waals surface area (Å²) in [6, 6.07) is 5.85. The molecule has 3 N–H and O–H groups in total. The molecule has 0 aliphatic heterocycles. The highest BCUT2D eigenvalue weighted by molar-refractivity contribution is 7.80. The highest BCUT2D eigenvalue weighted by atomic mass is 32.1. The van der Waals surface area contributed by atoms with Crippen LogP contribution >= 0.6 is 23.6 Å². The first-order chi connectivity index (χ1) is 8.15. The zero-order valence-electron chi connectivity index (χ0n) is 9.30. The summed E-state index contributed by atoms with van der Waals surface area (Å²) >= 11 is 6.60. The molecule has 0 fully saturated rings. The second-order valence-corrected chi connectivity index (χ2v) is 4.99. The van der Waals surface area contributed by atoms with E-state index < -0.39 is 0 Å². The van der Waals surface area contributed by atoms with Gasteiger partial charge < -0.3 is 11.1 Å². The number of rotatable bonds is 4. The van der Waals surface area contributed by atoms with Crippen molar-refractivity contribution in [3.05, 3.63) is 39.8 Å². The molecule has 0 aliphatic rings. The van der Waals surface area contributed by atoms with E-state index in [0.29, 0.717) is 18.2 Å². The normalized spacial score (nSPS) is 10.2. The first kappa shape index (κ1) is 11.9. The monoisotopic (exact) mass is 264 g/mol. The van der Waals surface area contributed by atoms with Crippen molar-refractivity contribution >= 4 is 34.5 Å². The standard InChI is InChI=1S/C11H12N4S2/c1-7-5-9(10(12)16)15-11(14-7)13-6-8-3-2-4-17-8/h2-5H,6H2,1H3,(H2,12,16)(H,13,14,15). The van der Waals surface area contributed by atoms with Crippen LogP contribution in [0.5, 0.6) is 0 Å². The molecule has 0 aromatic carbocycles. The lowest BCUT2D eigenvalue weighted by Crippen LogP contribution is -2.14. The van der Waals surface area contributed by atoms with Gasteiger partial charge in [0.2, 0.25) is 5.95 Å². The van der Waals surface area contributed by atoms with Gasteiger partial charge in [-0.05, 0) is 24.4 Å². The average molecular weight is 264 g/mol. The summed E-state index contributed by atoms with van der Waals surface area (Å²) in [7, 11) is 0. The van der Waals surface area contributed by atoms with Crippen LogP contribution in [0.1, 0.15) is 16.3 Å². The van der Waals surface area contributed by atoms with Crippen LogP contribution in [0.2, 0.25) is 0 Å². The van der Waals surface area contributed by atoms with Crippen LogP contribution in [-0.4, -0.2) is 15.0 Å². The van der Waals surface area contributed by atoms with Crippen LogP contribution in [0.15, 0.2) is 23.6 Å². The van der Waals surface area contributed by atoms with E-state index in [9.17, 15) is 0 Å². The molecule has 0 unspecified atom stereocenters. The van der Waals surface area contributed by atoms with Gasteiger partial charge in [-0.1, -0.05) is 18.3 Å². The van der Waals surface area contributed by atoms with E-state index >= 15 is 0 Å². The Labute approximate surface area is 109 Å². The van der Waals surface area contributed by atoms with Gasteiger partial charge in [0.15, 0.2) is 0 Å². The van der Waals surface area contributed by atoms with E-state index in [0.717, 1.165) is 5.69 Å². The van der Waals surface area contributed by atoms with Crippen molar-refractivity contribution < 1.29 is 0 Å². The third kappa shape index (κ3) is 3.21. The quantitative estimate of drug-likeness (QED) is 0.828. The van der Waals surface area contributed by atoms with Crippen molar-refractivity contribution in [1.82, 2.24) is 9.97 Å². The molecule has 0 spiro atoms. The molecule has 4 nitrogen and oxygen atoms in total. The molecule has 88 valence electrons. The van der Waals surface area contributed by atoms with Gasteiger partial charge in [-0.3, -0.25) is 0 Å². The van der Waals surface area contributed by atoms with Gasteiger partial charge in [0.25, 0.3) is 0 Å². The number of aromatic nitrogens is 2. The Morgan fingerprint density at radius 1 is 1.53 bits per heavy atom. The van der Waals surface area contributed by atoms with Gasteiger partial charge in [-0.15, -0.1) is 11.3 Å². The van der Waals surface area contributed by atoms with Crippen molar-refractivity contribution in [2.45, 2.75) is 13.5 Å². The van der Waals surface area contributed by atoms with Gasteiger partial charge in [0.05, 0.1) is 6.54 Å². The zero-order valence-corrected chi connectivity index (χ0v) is 10.9. The average Bonchev–Trinajstić information content (AvgIpc) is 2.78. The van der Waals surface area contributed by atoms with Gasteiger partial charge in [0.1, 0.15) is 10.7 Å². The number of nitrogens with two attached hydrogens (primary N) is 1. The first-order valence-electron chi connectivity index (χ1n) is 5.07. The summed E-state index contributed by atoms with van der Waals surface area (Å²) in [5.74, 6) is 0.557. The Hall–Kier alpha value is -1.53. The molecule has 0 amide bonds. The van der Waals surface area contributed by atoms with E-state index in [-0.39, 0.29) is 4.99 Å². The second-order valence-electron chi connectivity index (χ2n) is 3.52. The predicted molar refractivity (Wildman–Crippen MR) is 74.3 cm³/mol. The van der Waals surface area contributed by atoms with Crippen molar-refractivity contribution in [2.75, 3.05) is 5.32 Å². The van der Waals surface area contributed by atoms with Gasteiger partial charge in [-0.25, -0.2) is 9.97 Å². The number of thiophene rings is 1. The number of thiocarbonyl (C=S) groups is 1.